The maximum absolute atomic E-state index is 12.9. The summed E-state index contributed by atoms with van der Waals surface area (Å²) >= 11 is 6.23. The van der Waals surface area contributed by atoms with Crippen molar-refractivity contribution in [2.75, 3.05) is 0 Å². The average molecular weight is 492 g/mol. The average Bonchev–Trinajstić information content (AvgIpc) is 2.84. The third kappa shape index (κ3) is 5.40. The van der Waals surface area contributed by atoms with Crippen LogP contribution in [0.5, 0.6) is 0 Å². The first kappa shape index (κ1) is 23.7. The van der Waals surface area contributed by atoms with Gasteiger partial charge in [-0.05, 0) is 17.7 Å². The third-order valence-corrected chi connectivity index (χ3v) is 5.44. The molecule has 4 aromatic rings. The monoisotopic (exact) mass is 491 g/mol. The van der Waals surface area contributed by atoms with Crippen molar-refractivity contribution in [2.24, 2.45) is 5.10 Å². The van der Waals surface area contributed by atoms with Crippen LogP contribution in [-0.2, 0) is 11.2 Å². The molecule has 176 valence electrons. The van der Waals surface area contributed by atoms with Gasteiger partial charge in [-0.3, -0.25) is 19.7 Å². The van der Waals surface area contributed by atoms with Crippen molar-refractivity contribution in [1.82, 2.24) is 15.4 Å². The minimum absolute atomic E-state index is 0.0188. The molecule has 0 saturated carbocycles. The number of hydrogen-bond acceptors (Lipinski definition) is 7. The summed E-state index contributed by atoms with van der Waals surface area (Å²) in [6, 6.07) is 19.2. The number of hydrogen-bond donors (Lipinski definition) is 3. The molecule has 0 aliphatic heterocycles. The molecule has 0 aliphatic rings. The van der Waals surface area contributed by atoms with Crippen LogP contribution in [-0.4, -0.2) is 31.6 Å². The lowest BCUT2D eigenvalue weighted by Crippen LogP contribution is -2.30. The van der Waals surface area contributed by atoms with Crippen molar-refractivity contribution in [1.29, 1.82) is 0 Å². The molecule has 4 rings (SSSR count). The fourth-order valence-corrected chi connectivity index (χ4v) is 3.63. The van der Waals surface area contributed by atoms with Gasteiger partial charge in [0.05, 0.1) is 22.4 Å². The molecule has 0 spiro atoms. The molecule has 1 amide bonds. The number of aromatic nitrogens is 2. The molecule has 0 radical (unpaired) electrons. The Hall–Kier alpha value is -4.41. The van der Waals surface area contributed by atoms with Gasteiger partial charge in [0.2, 0.25) is 5.91 Å². The highest BCUT2D eigenvalue weighted by Gasteiger charge is 2.25. The lowest BCUT2D eigenvalue weighted by atomic mass is 10.0. The van der Waals surface area contributed by atoms with E-state index < -0.39 is 22.5 Å². The number of non-ortho nitro benzene ring substituents is 1. The summed E-state index contributed by atoms with van der Waals surface area (Å²) in [6.07, 6.45) is -1.49. The Morgan fingerprint density at radius 3 is 2.57 bits per heavy atom. The minimum atomic E-state index is -1.51. The largest absolute Gasteiger partial charge is 0.382 e. The highest BCUT2D eigenvalue weighted by Crippen LogP contribution is 2.25. The summed E-state index contributed by atoms with van der Waals surface area (Å²) in [6.45, 7) is 0. The minimum Gasteiger partial charge on any atom is -0.382 e. The van der Waals surface area contributed by atoms with Gasteiger partial charge in [-0.1, -0.05) is 60.1 Å². The Balaban J connectivity index is 1.76. The van der Waals surface area contributed by atoms with Crippen LogP contribution in [0.15, 0.2) is 82.7 Å². The number of nitro benzene ring substituents is 1. The first-order valence-corrected chi connectivity index (χ1v) is 10.7. The maximum Gasteiger partial charge on any atom is 0.276 e. The Labute approximate surface area is 203 Å². The van der Waals surface area contributed by atoms with E-state index in [9.17, 15) is 24.8 Å². The first-order valence-electron chi connectivity index (χ1n) is 10.3. The number of fused-ring (bicyclic) bond motifs is 1. The zero-order valence-corrected chi connectivity index (χ0v) is 18.8. The molecule has 1 atom stereocenters. The Bertz CT molecular complexity index is 1500. The Morgan fingerprint density at radius 2 is 1.86 bits per heavy atom. The van der Waals surface area contributed by atoms with Crippen molar-refractivity contribution >= 4 is 39.9 Å². The number of benzene rings is 3. The first-order chi connectivity index (χ1) is 16.8. The summed E-state index contributed by atoms with van der Waals surface area (Å²) < 4.78 is 0. The number of aliphatic hydroxyl groups excluding tert-OH is 1. The molecule has 35 heavy (non-hydrogen) atoms. The van der Waals surface area contributed by atoms with Gasteiger partial charge >= 0.3 is 0 Å². The molecule has 0 saturated heterocycles. The van der Waals surface area contributed by atoms with Gasteiger partial charge in [0.1, 0.15) is 11.8 Å². The standard InChI is InChI=1S/C24H18ClN5O5/c25-17-9-5-4-8-16(17)23(32)21(29-28-20(31)12-14-6-2-1-3-7-14)22-24(33)27-19-13-15(30(34)35)10-11-18(19)26-22/h1-11,13,23,32H,12H2,(H,27,33)(H,28,31)/b29-21-/t23-/m0/s1. The van der Waals surface area contributed by atoms with E-state index in [1.165, 1.54) is 18.2 Å². The van der Waals surface area contributed by atoms with E-state index in [0.717, 1.165) is 5.56 Å². The van der Waals surface area contributed by atoms with Crippen molar-refractivity contribution in [3.8, 4) is 0 Å². The summed E-state index contributed by atoms with van der Waals surface area (Å²) in [5.74, 6) is -0.479. The fourth-order valence-electron chi connectivity index (χ4n) is 3.39. The molecule has 0 bridgehead atoms. The zero-order chi connectivity index (χ0) is 24.9. The number of aromatic amines is 1. The van der Waals surface area contributed by atoms with Crippen molar-refractivity contribution in [3.05, 3.63) is 115 Å². The lowest BCUT2D eigenvalue weighted by Gasteiger charge is -2.15. The number of H-pyrrole nitrogens is 1. The van der Waals surface area contributed by atoms with Crippen molar-refractivity contribution in [3.63, 3.8) is 0 Å². The van der Waals surface area contributed by atoms with Gasteiger partial charge in [-0.25, -0.2) is 10.4 Å². The lowest BCUT2D eigenvalue weighted by molar-refractivity contribution is -0.384. The van der Waals surface area contributed by atoms with Crippen LogP contribution in [0.3, 0.4) is 0 Å². The number of nitro groups is 1. The predicted octanol–water partition coefficient (Wildman–Crippen LogP) is 3.28. The summed E-state index contributed by atoms with van der Waals surface area (Å²) in [7, 11) is 0. The molecule has 10 nitrogen and oxygen atoms in total. The number of nitrogens with zero attached hydrogens (tertiary/aromatic N) is 3. The molecule has 0 unspecified atom stereocenters. The van der Waals surface area contributed by atoms with Crippen LogP contribution in [0.4, 0.5) is 5.69 Å². The number of amides is 1. The van der Waals surface area contributed by atoms with Gasteiger partial charge in [0.15, 0.2) is 5.69 Å². The van der Waals surface area contributed by atoms with E-state index in [1.54, 1.807) is 48.5 Å². The number of rotatable bonds is 7. The molecular weight excluding hydrogens is 474 g/mol. The number of nitrogens with one attached hydrogen (secondary N) is 2. The van der Waals surface area contributed by atoms with Gasteiger partial charge < -0.3 is 10.1 Å². The van der Waals surface area contributed by atoms with Gasteiger partial charge in [0.25, 0.3) is 11.2 Å². The highest BCUT2D eigenvalue weighted by atomic mass is 35.5. The molecule has 0 fully saturated rings. The number of halogens is 1. The maximum atomic E-state index is 12.9. The molecule has 1 heterocycles. The van der Waals surface area contributed by atoms with Gasteiger partial charge in [0, 0.05) is 22.7 Å². The van der Waals surface area contributed by atoms with E-state index in [-0.39, 0.29) is 45.1 Å². The van der Waals surface area contributed by atoms with Crippen LogP contribution in [0.2, 0.25) is 5.02 Å². The zero-order valence-electron chi connectivity index (χ0n) is 18.0. The molecular formula is C24H18ClN5O5. The quantitative estimate of drug-likeness (QED) is 0.205. The third-order valence-electron chi connectivity index (χ3n) is 5.10. The Morgan fingerprint density at radius 1 is 1.14 bits per heavy atom. The van der Waals surface area contributed by atoms with Crippen molar-refractivity contribution in [2.45, 2.75) is 12.5 Å². The Kier molecular flexibility index (Phi) is 6.95. The molecule has 0 aliphatic carbocycles. The van der Waals surface area contributed by atoms with E-state index in [2.05, 4.69) is 20.5 Å². The molecule has 11 heteroatoms. The van der Waals surface area contributed by atoms with Crippen LogP contribution in [0.1, 0.15) is 22.9 Å². The molecule has 3 N–H and O–H groups in total. The normalized spacial score (nSPS) is 12.3. The summed E-state index contributed by atoms with van der Waals surface area (Å²) in [5, 5.41) is 26.4. The van der Waals surface area contributed by atoms with Crippen LogP contribution < -0.4 is 11.0 Å². The van der Waals surface area contributed by atoms with Crippen LogP contribution >= 0.6 is 11.6 Å². The van der Waals surface area contributed by atoms with Crippen molar-refractivity contribution < 1.29 is 14.8 Å². The highest BCUT2D eigenvalue weighted by molar-refractivity contribution is 6.31. The fraction of sp³-hybridized carbons (Fsp3) is 0.0833. The molecule has 1 aromatic heterocycles. The van der Waals surface area contributed by atoms with Crippen LogP contribution in [0, 0.1) is 10.1 Å². The van der Waals surface area contributed by atoms with Crippen LogP contribution in [0.25, 0.3) is 11.0 Å². The van der Waals surface area contributed by atoms with E-state index >= 15 is 0 Å². The number of hydrazone groups is 1. The second-order valence-electron chi connectivity index (χ2n) is 7.49. The summed E-state index contributed by atoms with van der Waals surface area (Å²) in [4.78, 5) is 42.6. The second kappa shape index (κ2) is 10.2. The number of carbonyl (C=O) groups is 1. The predicted molar refractivity (Wildman–Crippen MR) is 130 cm³/mol. The summed E-state index contributed by atoms with van der Waals surface area (Å²) in [5.41, 5.74) is 2.20. The molecule has 3 aromatic carbocycles. The van der Waals surface area contributed by atoms with E-state index in [4.69, 9.17) is 11.6 Å². The smallest absolute Gasteiger partial charge is 0.276 e. The number of carbonyl (C=O) groups excluding carboxylic acids is 1. The SMILES string of the molecule is O=C(Cc1ccccc1)N/N=C(/c1nc2ccc([N+](=O)[O-])cc2[nH]c1=O)[C@@H](O)c1ccccc1Cl. The van der Waals surface area contributed by atoms with E-state index in [1.807, 2.05) is 6.07 Å². The van der Waals surface area contributed by atoms with E-state index in [0.29, 0.717) is 0 Å². The van der Waals surface area contributed by atoms with Gasteiger partial charge in [-0.15, -0.1) is 0 Å². The number of aliphatic hydroxyl groups is 1. The topological polar surface area (TPSA) is 151 Å². The second-order valence-corrected chi connectivity index (χ2v) is 7.90. The van der Waals surface area contributed by atoms with Gasteiger partial charge in [-0.2, -0.15) is 5.10 Å².